The van der Waals surface area contributed by atoms with Crippen LogP contribution in [-0.2, 0) is 4.79 Å². The van der Waals surface area contributed by atoms with Gasteiger partial charge >= 0.3 is 0 Å². The Balaban J connectivity index is 2.46. The van der Waals surface area contributed by atoms with Gasteiger partial charge in [0.25, 0.3) is 5.91 Å². The molecular formula is C14H16N2O2. The molecule has 1 amide bonds. The summed E-state index contributed by atoms with van der Waals surface area (Å²) in [5, 5.41) is 5.71. The Labute approximate surface area is 107 Å². The first-order valence-electron chi connectivity index (χ1n) is 5.73. The second kappa shape index (κ2) is 7.13. The number of amides is 1. The third kappa shape index (κ3) is 3.95. The molecule has 0 saturated heterocycles. The number of benzene rings is 1. The average Bonchev–Trinajstić information content (AvgIpc) is 2.42. The van der Waals surface area contributed by atoms with Crippen molar-refractivity contribution in [3.8, 4) is 12.3 Å². The number of terminal acetylenes is 1. The zero-order valence-corrected chi connectivity index (χ0v) is 10.3. The summed E-state index contributed by atoms with van der Waals surface area (Å²) in [5.41, 5.74) is 1.36. The Morgan fingerprint density at radius 3 is 2.72 bits per heavy atom. The second-order valence-electron chi connectivity index (χ2n) is 3.72. The molecule has 0 aliphatic heterocycles. The zero-order chi connectivity index (χ0) is 13.4. The van der Waals surface area contributed by atoms with Gasteiger partial charge in [-0.05, 0) is 24.5 Å². The number of rotatable bonds is 6. The first kappa shape index (κ1) is 13.8. The molecule has 2 N–H and O–H groups in total. The van der Waals surface area contributed by atoms with Crippen LogP contribution >= 0.6 is 0 Å². The van der Waals surface area contributed by atoms with E-state index in [2.05, 4.69) is 10.6 Å². The quantitative estimate of drug-likeness (QED) is 0.452. The first-order valence-corrected chi connectivity index (χ1v) is 5.73. The van der Waals surface area contributed by atoms with Crippen LogP contribution in [-0.4, -0.2) is 25.3 Å². The summed E-state index contributed by atoms with van der Waals surface area (Å²) in [6.07, 6.45) is 5.80. The van der Waals surface area contributed by atoms with Crippen LogP contribution in [0.2, 0.25) is 0 Å². The van der Waals surface area contributed by atoms with Gasteiger partial charge in [0.2, 0.25) is 5.78 Å². The minimum atomic E-state index is -0.236. The Morgan fingerprint density at radius 2 is 2.06 bits per heavy atom. The third-order valence-corrected chi connectivity index (χ3v) is 2.47. The van der Waals surface area contributed by atoms with Crippen LogP contribution in [0.5, 0.6) is 0 Å². The van der Waals surface area contributed by atoms with Gasteiger partial charge in [-0.25, -0.2) is 0 Å². The lowest BCUT2D eigenvalue weighted by molar-refractivity contribution is -0.113. The summed E-state index contributed by atoms with van der Waals surface area (Å²) in [4.78, 5) is 22.7. The summed E-state index contributed by atoms with van der Waals surface area (Å²) in [7, 11) is 1.76. The van der Waals surface area contributed by atoms with Crippen molar-refractivity contribution in [2.75, 3.05) is 18.9 Å². The van der Waals surface area contributed by atoms with Gasteiger partial charge in [-0.1, -0.05) is 12.1 Å². The van der Waals surface area contributed by atoms with Gasteiger partial charge in [0.05, 0.1) is 5.56 Å². The van der Waals surface area contributed by atoms with E-state index in [9.17, 15) is 9.59 Å². The van der Waals surface area contributed by atoms with Crippen LogP contribution < -0.4 is 10.6 Å². The summed E-state index contributed by atoms with van der Waals surface area (Å²) in [6, 6.07) is 7.23. The normalized spacial score (nSPS) is 9.33. The molecule has 4 nitrogen and oxygen atoms in total. The Morgan fingerprint density at radius 1 is 1.33 bits per heavy atom. The van der Waals surface area contributed by atoms with Gasteiger partial charge in [0, 0.05) is 25.7 Å². The highest BCUT2D eigenvalue weighted by atomic mass is 16.1. The molecular weight excluding hydrogens is 228 g/mol. The van der Waals surface area contributed by atoms with Crippen LogP contribution in [0.15, 0.2) is 24.3 Å². The van der Waals surface area contributed by atoms with E-state index >= 15 is 0 Å². The minimum Gasteiger partial charge on any atom is -0.387 e. The van der Waals surface area contributed by atoms with E-state index in [4.69, 9.17) is 6.42 Å². The number of para-hydroxylation sites is 1. The van der Waals surface area contributed by atoms with Crippen LogP contribution in [0.25, 0.3) is 0 Å². The monoisotopic (exact) mass is 244 g/mol. The predicted molar refractivity (Wildman–Crippen MR) is 71.4 cm³/mol. The number of hydrogen-bond acceptors (Lipinski definition) is 3. The summed E-state index contributed by atoms with van der Waals surface area (Å²) in [6.45, 7) is 0.435. The van der Waals surface area contributed by atoms with Crippen LogP contribution in [0.3, 0.4) is 0 Å². The molecule has 0 bridgehead atoms. The lowest BCUT2D eigenvalue weighted by Crippen LogP contribution is -2.25. The molecule has 0 fully saturated rings. The van der Waals surface area contributed by atoms with E-state index in [0.29, 0.717) is 24.9 Å². The fraction of sp³-hybridized carbons (Fsp3) is 0.286. The maximum absolute atomic E-state index is 11.9. The fourth-order valence-corrected chi connectivity index (χ4v) is 1.52. The van der Waals surface area contributed by atoms with E-state index in [1.807, 2.05) is 18.1 Å². The van der Waals surface area contributed by atoms with Crippen molar-refractivity contribution in [2.24, 2.45) is 0 Å². The first-order chi connectivity index (χ1) is 8.69. The third-order valence-electron chi connectivity index (χ3n) is 2.47. The average molecular weight is 244 g/mol. The topological polar surface area (TPSA) is 58.2 Å². The smallest absolute Gasteiger partial charge is 0.253 e. The number of anilines is 1. The van der Waals surface area contributed by atoms with Gasteiger partial charge < -0.3 is 10.6 Å². The number of Topliss-reactive ketones (excluding diaryl/α,β-unsaturated/α-hetero) is 1. The number of carbonyl (C=O) groups excluding carboxylic acids is 2. The molecule has 94 valence electrons. The molecule has 1 aromatic carbocycles. The van der Waals surface area contributed by atoms with E-state index in [-0.39, 0.29) is 11.7 Å². The lowest BCUT2D eigenvalue weighted by Gasteiger charge is -2.09. The molecule has 0 atom stereocenters. The van der Waals surface area contributed by atoms with Gasteiger partial charge in [-0.3, -0.25) is 9.59 Å². The molecule has 0 aromatic heterocycles. The molecule has 0 radical (unpaired) electrons. The number of nitrogens with one attached hydrogen (secondary N) is 2. The van der Waals surface area contributed by atoms with Crippen LogP contribution in [0.4, 0.5) is 5.69 Å². The summed E-state index contributed by atoms with van der Waals surface area (Å²) < 4.78 is 0. The standard InChI is InChI=1S/C14H16N2O2/c1-3-11(17)7-6-10-16-14(18)12-8-4-5-9-13(12)15-2/h1,4-5,8-9,15H,6-7,10H2,2H3,(H,16,18). The second-order valence-corrected chi connectivity index (χ2v) is 3.72. The van der Waals surface area contributed by atoms with Crippen molar-refractivity contribution < 1.29 is 9.59 Å². The SMILES string of the molecule is C#CC(=O)CCCNC(=O)c1ccccc1NC. The van der Waals surface area contributed by atoms with Gasteiger partial charge in [0.1, 0.15) is 0 Å². The van der Waals surface area contributed by atoms with Crippen molar-refractivity contribution in [2.45, 2.75) is 12.8 Å². The molecule has 0 heterocycles. The molecule has 0 unspecified atom stereocenters. The molecule has 1 aromatic rings. The molecule has 0 saturated carbocycles. The van der Waals surface area contributed by atoms with Crippen molar-refractivity contribution in [1.29, 1.82) is 0 Å². The van der Waals surface area contributed by atoms with Gasteiger partial charge in [-0.2, -0.15) is 0 Å². The summed E-state index contributed by atoms with van der Waals surface area (Å²) >= 11 is 0. The highest BCUT2D eigenvalue weighted by Crippen LogP contribution is 2.13. The van der Waals surface area contributed by atoms with Crippen molar-refractivity contribution in [1.82, 2.24) is 5.32 Å². The zero-order valence-electron chi connectivity index (χ0n) is 10.3. The maximum Gasteiger partial charge on any atom is 0.253 e. The molecule has 4 heteroatoms. The van der Waals surface area contributed by atoms with Crippen molar-refractivity contribution in [3.63, 3.8) is 0 Å². The molecule has 1 rings (SSSR count). The van der Waals surface area contributed by atoms with E-state index < -0.39 is 0 Å². The minimum absolute atomic E-state index is 0.159. The number of carbonyl (C=O) groups is 2. The highest BCUT2D eigenvalue weighted by molar-refractivity contribution is 5.99. The highest BCUT2D eigenvalue weighted by Gasteiger charge is 2.08. The van der Waals surface area contributed by atoms with Crippen LogP contribution in [0, 0.1) is 12.3 Å². The molecule has 0 aliphatic rings. The Kier molecular flexibility index (Phi) is 5.46. The fourth-order valence-electron chi connectivity index (χ4n) is 1.52. The van der Waals surface area contributed by atoms with Crippen LogP contribution in [0.1, 0.15) is 23.2 Å². The lowest BCUT2D eigenvalue weighted by atomic mass is 10.1. The van der Waals surface area contributed by atoms with Gasteiger partial charge in [-0.15, -0.1) is 6.42 Å². The molecule has 18 heavy (non-hydrogen) atoms. The van der Waals surface area contributed by atoms with Crippen molar-refractivity contribution >= 4 is 17.4 Å². The van der Waals surface area contributed by atoms with Crippen molar-refractivity contribution in [3.05, 3.63) is 29.8 Å². The summed E-state index contributed by atoms with van der Waals surface area (Å²) in [5.74, 6) is 1.65. The van der Waals surface area contributed by atoms with Gasteiger partial charge in [0.15, 0.2) is 0 Å². The number of ketones is 1. The predicted octanol–water partition coefficient (Wildman–Crippen LogP) is 1.44. The van der Waals surface area contributed by atoms with E-state index in [1.54, 1.807) is 19.2 Å². The molecule has 0 spiro atoms. The van der Waals surface area contributed by atoms with E-state index in [0.717, 1.165) is 5.69 Å². The maximum atomic E-state index is 11.9. The largest absolute Gasteiger partial charge is 0.387 e. The molecule has 0 aliphatic carbocycles. The number of hydrogen-bond donors (Lipinski definition) is 2. The Hall–Kier alpha value is -2.28. The van der Waals surface area contributed by atoms with E-state index in [1.165, 1.54) is 0 Å². The Bertz CT molecular complexity index is 475.